The van der Waals surface area contributed by atoms with Crippen molar-refractivity contribution in [1.29, 1.82) is 0 Å². The first-order chi connectivity index (χ1) is 8.07. The Morgan fingerprint density at radius 1 is 1.59 bits per heavy atom. The molecule has 1 aromatic rings. The van der Waals surface area contributed by atoms with Gasteiger partial charge in [-0.1, -0.05) is 13.3 Å². The molecule has 4 heteroatoms. The van der Waals surface area contributed by atoms with Crippen molar-refractivity contribution in [2.24, 2.45) is 5.92 Å². The molecule has 17 heavy (non-hydrogen) atoms. The second kappa shape index (κ2) is 4.94. The molecule has 2 N–H and O–H groups in total. The van der Waals surface area contributed by atoms with Crippen molar-refractivity contribution in [3.8, 4) is 0 Å². The largest absolute Gasteiger partial charge is 0.383 e. The summed E-state index contributed by atoms with van der Waals surface area (Å²) in [5.41, 5.74) is 5.71. The number of thiazole rings is 1. The lowest BCUT2D eigenvalue weighted by Gasteiger charge is -2.38. The zero-order valence-electron chi connectivity index (χ0n) is 11.0. The molecule has 0 aliphatic heterocycles. The van der Waals surface area contributed by atoms with Crippen LogP contribution in [0.4, 0.5) is 5.82 Å². The average molecular weight is 254 g/mol. The number of aryl methyl sites for hydroxylation is 1. The Balaban J connectivity index is 2.32. The molecule has 2 atom stereocenters. The maximum Gasteiger partial charge on any atom is 0.137 e. The van der Waals surface area contributed by atoms with E-state index in [2.05, 4.69) is 18.8 Å². The molecule has 0 radical (unpaired) electrons. The highest BCUT2D eigenvalue weighted by Gasteiger charge is 2.40. The summed E-state index contributed by atoms with van der Waals surface area (Å²) >= 11 is 1.70. The summed E-state index contributed by atoms with van der Waals surface area (Å²) in [4.78, 5) is 5.64. The number of rotatable bonds is 3. The van der Waals surface area contributed by atoms with Crippen molar-refractivity contribution in [3.05, 3.63) is 9.88 Å². The van der Waals surface area contributed by atoms with E-state index in [-0.39, 0.29) is 5.60 Å². The molecule has 1 aliphatic carbocycles. The predicted octanol–water partition coefficient (Wildman–Crippen LogP) is 3.48. The summed E-state index contributed by atoms with van der Waals surface area (Å²) in [6.07, 6.45) is 4.68. The smallest absolute Gasteiger partial charge is 0.137 e. The van der Waals surface area contributed by atoms with E-state index in [9.17, 15) is 0 Å². The van der Waals surface area contributed by atoms with Gasteiger partial charge in [-0.05, 0) is 39.0 Å². The van der Waals surface area contributed by atoms with Gasteiger partial charge in [-0.3, -0.25) is 0 Å². The summed E-state index contributed by atoms with van der Waals surface area (Å²) in [6, 6.07) is 0. The number of hydrogen-bond acceptors (Lipinski definition) is 4. The highest BCUT2D eigenvalue weighted by molar-refractivity contribution is 7.12. The summed E-state index contributed by atoms with van der Waals surface area (Å²) < 4.78 is 6.09. The molecule has 3 nitrogen and oxygen atoms in total. The standard InChI is InChI=1S/C13H22N2OS/c1-4-16-13(7-5-6-9(2)8-13)12-15-11(14)10(3)17-12/h9H,4-8,14H2,1-3H3. The minimum atomic E-state index is -0.167. The number of nitrogens with zero attached hydrogens (tertiary/aromatic N) is 1. The summed E-state index contributed by atoms with van der Waals surface area (Å²) in [5, 5.41) is 1.08. The lowest BCUT2D eigenvalue weighted by atomic mass is 9.79. The van der Waals surface area contributed by atoms with Crippen LogP contribution in [0.2, 0.25) is 0 Å². The Morgan fingerprint density at radius 3 is 2.88 bits per heavy atom. The van der Waals surface area contributed by atoms with Crippen LogP contribution in [0.3, 0.4) is 0 Å². The number of anilines is 1. The van der Waals surface area contributed by atoms with Gasteiger partial charge in [0.2, 0.25) is 0 Å². The van der Waals surface area contributed by atoms with Gasteiger partial charge in [0.1, 0.15) is 16.4 Å². The number of nitrogens with two attached hydrogens (primary N) is 1. The van der Waals surface area contributed by atoms with Gasteiger partial charge in [-0.15, -0.1) is 11.3 Å². The minimum Gasteiger partial charge on any atom is -0.383 e. The molecular weight excluding hydrogens is 232 g/mol. The van der Waals surface area contributed by atoms with Gasteiger partial charge >= 0.3 is 0 Å². The molecule has 0 amide bonds. The summed E-state index contributed by atoms with van der Waals surface area (Å²) in [7, 11) is 0. The topological polar surface area (TPSA) is 48.1 Å². The Morgan fingerprint density at radius 2 is 2.35 bits per heavy atom. The first-order valence-electron chi connectivity index (χ1n) is 6.44. The third-order valence-electron chi connectivity index (χ3n) is 3.60. The molecule has 1 aliphatic rings. The van der Waals surface area contributed by atoms with Gasteiger partial charge in [-0.25, -0.2) is 4.98 Å². The van der Waals surface area contributed by atoms with Crippen LogP contribution in [0.25, 0.3) is 0 Å². The van der Waals surface area contributed by atoms with Gasteiger partial charge in [0, 0.05) is 11.5 Å². The van der Waals surface area contributed by atoms with Crippen LogP contribution in [0.5, 0.6) is 0 Å². The van der Waals surface area contributed by atoms with E-state index >= 15 is 0 Å². The molecule has 1 fully saturated rings. The molecule has 1 aromatic heterocycles. The summed E-state index contributed by atoms with van der Waals surface area (Å²) in [5.74, 6) is 1.38. The van der Waals surface area contributed by atoms with Crippen LogP contribution in [-0.4, -0.2) is 11.6 Å². The van der Waals surface area contributed by atoms with Crippen molar-refractivity contribution in [2.45, 2.75) is 52.1 Å². The SMILES string of the molecule is CCOC1(c2nc(N)c(C)s2)CCCC(C)C1. The lowest BCUT2D eigenvalue weighted by Crippen LogP contribution is -2.35. The van der Waals surface area contributed by atoms with Crippen LogP contribution in [0, 0.1) is 12.8 Å². The molecule has 0 bridgehead atoms. The Hall–Kier alpha value is -0.610. The quantitative estimate of drug-likeness (QED) is 0.898. The minimum absolute atomic E-state index is 0.167. The van der Waals surface area contributed by atoms with Gasteiger partial charge in [-0.2, -0.15) is 0 Å². The number of hydrogen-bond donors (Lipinski definition) is 1. The van der Waals surface area contributed by atoms with Crippen molar-refractivity contribution in [3.63, 3.8) is 0 Å². The second-order valence-corrected chi connectivity index (χ2v) is 6.29. The third kappa shape index (κ3) is 2.47. The molecule has 1 heterocycles. The Kier molecular flexibility index (Phi) is 3.73. The van der Waals surface area contributed by atoms with Crippen molar-refractivity contribution in [1.82, 2.24) is 4.98 Å². The zero-order chi connectivity index (χ0) is 12.5. The van der Waals surface area contributed by atoms with Crippen LogP contribution in [-0.2, 0) is 10.3 Å². The maximum absolute atomic E-state index is 6.09. The first-order valence-corrected chi connectivity index (χ1v) is 7.26. The Bertz CT molecular complexity index is 367. The van der Waals surface area contributed by atoms with Gasteiger partial charge in [0.15, 0.2) is 0 Å². The van der Waals surface area contributed by atoms with Crippen molar-refractivity contribution >= 4 is 17.2 Å². The molecule has 96 valence electrons. The van der Waals surface area contributed by atoms with Gasteiger partial charge in [0.05, 0.1) is 0 Å². The van der Waals surface area contributed by atoms with E-state index in [1.165, 1.54) is 12.8 Å². The number of aromatic nitrogens is 1. The summed E-state index contributed by atoms with van der Waals surface area (Å²) in [6.45, 7) is 7.13. The second-order valence-electron chi connectivity index (χ2n) is 5.09. The molecular formula is C13H22N2OS. The van der Waals surface area contributed by atoms with E-state index in [0.717, 1.165) is 29.3 Å². The molecule has 2 unspecified atom stereocenters. The lowest BCUT2D eigenvalue weighted by molar-refractivity contribution is -0.0819. The number of nitrogen functional groups attached to an aromatic ring is 1. The fourth-order valence-electron chi connectivity index (χ4n) is 2.77. The van der Waals surface area contributed by atoms with E-state index in [0.29, 0.717) is 11.7 Å². The molecule has 0 aromatic carbocycles. The van der Waals surface area contributed by atoms with E-state index in [1.807, 2.05) is 6.92 Å². The van der Waals surface area contributed by atoms with Crippen LogP contribution >= 0.6 is 11.3 Å². The highest BCUT2D eigenvalue weighted by atomic mass is 32.1. The molecule has 2 rings (SSSR count). The zero-order valence-corrected chi connectivity index (χ0v) is 11.8. The van der Waals surface area contributed by atoms with E-state index in [1.54, 1.807) is 11.3 Å². The maximum atomic E-state index is 6.09. The average Bonchev–Trinajstić information content (AvgIpc) is 2.60. The third-order valence-corrected chi connectivity index (χ3v) is 4.77. The highest BCUT2D eigenvalue weighted by Crippen LogP contribution is 2.45. The van der Waals surface area contributed by atoms with Crippen LogP contribution in [0.1, 0.15) is 49.4 Å². The van der Waals surface area contributed by atoms with Crippen LogP contribution < -0.4 is 5.73 Å². The molecule has 0 spiro atoms. The fourth-order valence-corrected chi connectivity index (χ4v) is 3.78. The number of ether oxygens (including phenoxy) is 1. The van der Waals surface area contributed by atoms with E-state index in [4.69, 9.17) is 10.5 Å². The molecule has 0 saturated heterocycles. The van der Waals surface area contributed by atoms with Gasteiger partial charge < -0.3 is 10.5 Å². The normalized spacial score (nSPS) is 29.5. The first kappa shape index (κ1) is 12.8. The van der Waals surface area contributed by atoms with Crippen LogP contribution in [0.15, 0.2) is 0 Å². The van der Waals surface area contributed by atoms with Crippen molar-refractivity contribution in [2.75, 3.05) is 12.3 Å². The predicted molar refractivity (Wildman–Crippen MR) is 72.2 cm³/mol. The Labute approximate surface area is 107 Å². The monoisotopic (exact) mass is 254 g/mol. The van der Waals surface area contributed by atoms with Crippen molar-refractivity contribution < 1.29 is 4.74 Å². The molecule has 1 saturated carbocycles. The van der Waals surface area contributed by atoms with Gasteiger partial charge in [0.25, 0.3) is 0 Å². The fraction of sp³-hybridized carbons (Fsp3) is 0.769. The van der Waals surface area contributed by atoms with E-state index < -0.39 is 0 Å².